The zero-order valence-electron chi connectivity index (χ0n) is 11.6. The van der Waals surface area contributed by atoms with Crippen LogP contribution >= 0.6 is 11.8 Å². The topological polar surface area (TPSA) is 51.8 Å². The molecule has 0 atom stereocenters. The standard InChI is InChI=1S/C16H15N3OS/c1-2-7-21-16-14-13(17-9-18-16)11-8-10-5-3-4-6-12(10)19-15(11)20-14/h2,8-9H,1,3-7H2. The number of hydrogen-bond donors (Lipinski definition) is 0. The molecular weight excluding hydrogens is 282 g/mol. The molecule has 3 aromatic rings. The molecule has 0 unspecified atom stereocenters. The maximum absolute atomic E-state index is 5.96. The summed E-state index contributed by atoms with van der Waals surface area (Å²) in [7, 11) is 0. The average molecular weight is 297 g/mol. The highest BCUT2D eigenvalue weighted by atomic mass is 32.2. The molecular formula is C16H15N3OS. The van der Waals surface area contributed by atoms with Crippen LogP contribution in [0.15, 0.2) is 34.5 Å². The third-order valence-electron chi connectivity index (χ3n) is 3.83. The van der Waals surface area contributed by atoms with Gasteiger partial charge in [0.25, 0.3) is 0 Å². The smallest absolute Gasteiger partial charge is 0.229 e. The summed E-state index contributed by atoms with van der Waals surface area (Å²) >= 11 is 1.61. The van der Waals surface area contributed by atoms with Crippen LogP contribution in [0, 0.1) is 0 Å². The molecule has 4 nitrogen and oxygen atoms in total. The lowest BCUT2D eigenvalue weighted by Crippen LogP contribution is -2.04. The van der Waals surface area contributed by atoms with Crippen molar-refractivity contribution in [2.75, 3.05) is 5.75 Å². The first kappa shape index (κ1) is 12.8. The molecule has 3 aromatic heterocycles. The van der Waals surface area contributed by atoms with Gasteiger partial charge in [-0.05, 0) is 37.3 Å². The molecule has 5 heteroatoms. The molecule has 0 aromatic carbocycles. The van der Waals surface area contributed by atoms with Crippen molar-refractivity contribution in [2.45, 2.75) is 30.7 Å². The van der Waals surface area contributed by atoms with Crippen LogP contribution in [0.3, 0.4) is 0 Å². The third-order valence-corrected chi connectivity index (χ3v) is 4.80. The van der Waals surface area contributed by atoms with Gasteiger partial charge in [0.2, 0.25) is 5.71 Å². The highest BCUT2D eigenvalue weighted by molar-refractivity contribution is 7.99. The van der Waals surface area contributed by atoms with Gasteiger partial charge in [0, 0.05) is 11.4 Å². The molecule has 106 valence electrons. The Morgan fingerprint density at radius 3 is 3.10 bits per heavy atom. The Labute approximate surface area is 126 Å². The van der Waals surface area contributed by atoms with Gasteiger partial charge in [-0.15, -0.1) is 6.58 Å². The minimum Gasteiger partial charge on any atom is -0.433 e. The van der Waals surface area contributed by atoms with E-state index in [4.69, 9.17) is 9.40 Å². The summed E-state index contributed by atoms with van der Waals surface area (Å²) in [5.41, 5.74) is 4.82. The highest BCUT2D eigenvalue weighted by Crippen LogP contribution is 2.34. The van der Waals surface area contributed by atoms with Gasteiger partial charge in [-0.2, -0.15) is 0 Å². The molecule has 1 aliphatic rings. The van der Waals surface area contributed by atoms with Crippen molar-refractivity contribution >= 4 is 34.0 Å². The van der Waals surface area contributed by atoms with Crippen LogP contribution in [0.4, 0.5) is 0 Å². The van der Waals surface area contributed by atoms with Crippen molar-refractivity contribution in [3.05, 3.63) is 36.3 Å². The predicted molar refractivity (Wildman–Crippen MR) is 84.7 cm³/mol. The van der Waals surface area contributed by atoms with Crippen LogP contribution in [0.5, 0.6) is 0 Å². The number of fused-ring (bicyclic) bond motifs is 4. The van der Waals surface area contributed by atoms with Gasteiger partial charge in [-0.1, -0.05) is 17.8 Å². The number of nitrogens with zero attached hydrogens (tertiary/aromatic N) is 3. The molecule has 0 saturated carbocycles. The first-order valence-electron chi connectivity index (χ1n) is 7.16. The minimum absolute atomic E-state index is 0.687. The van der Waals surface area contributed by atoms with E-state index in [9.17, 15) is 0 Å². The van der Waals surface area contributed by atoms with E-state index in [0.29, 0.717) is 5.71 Å². The number of thioether (sulfide) groups is 1. The fourth-order valence-corrected chi connectivity index (χ4v) is 3.51. The monoisotopic (exact) mass is 297 g/mol. The van der Waals surface area contributed by atoms with Gasteiger partial charge in [0.15, 0.2) is 5.58 Å². The van der Waals surface area contributed by atoms with Crippen molar-refractivity contribution in [1.82, 2.24) is 15.0 Å². The lowest BCUT2D eigenvalue weighted by molar-refractivity contribution is 0.624. The SMILES string of the molecule is C=CCSc1ncnc2c1oc1nc3c(cc12)CCCC3. The zero-order chi connectivity index (χ0) is 14.2. The van der Waals surface area contributed by atoms with Crippen LogP contribution in [-0.4, -0.2) is 20.7 Å². The largest absolute Gasteiger partial charge is 0.433 e. The Balaban J connectivity index is 1.95. The zero-order valence-corrected chi connectivity index (χ0v) is 12.4. The Bertz CT molecular complexity index is 840. The summed E-state index contributed by atoms with van der Waals surface area (Å²) in [6.45, 7) is 3.74. The average Bonchev–Trinajstić information content (AvgIpc) is 2.89. The van der Waals surface area contributed by atoms with E-state index < -0.39 is 0 Å². The predicted octanol–water partition coefficient (Wildman–Crippen LogP) is 3.93. The molecule has 0 amide bonds. The maximum atomic E-state index is 5.96. The summed E-state index contributed by atoms with van der Waals surface area (Å²) in [5.74, 6) is 0.799. The Morgan fingerprint density at radius 2 is 2.19 bits per heavy atom. The Morgan fingerprint density at radius 1 is 1.29 bits per heavy atom. The van der Waals surface area contributed by atoms with Gasteiger partial charge in [0.05, 0.1) is 5.39 Å². The van der Waals surface area contributed by atoms with E-state index >= 15 is 0 Å². The molecule has 0 radical (unpaired) electrons. The van der Waals surface area contributed by atoms with Crippen LogP contribution < -0.4 is 0 Å². The second-order valence-electron chi connectivity index (χ2n) is 5.21. The fraction of sp³-hybridized carbons (Fsp3) is 0.312. The first-order chi connectivity index (χ1) is 10.4. The quantitative estimate of drug-likeness (QED) is 0.416. The number of hydrogen-bond acceptors (Lipinski definition) is 5. The van der Waals surface area contributed by atoms with Crippen LogP contribution in [0.1, 0.15) is 24.1 Å². The fourth-order valence-electron chi connectivity index (χ4n) is 2.84. The molecule has 1 aliphatic carbocycles. The first-order valence-corrected chi connectivity index (χ1v) is 8.15. The molecule has 21 heavy (non-hydrogen) atoms. The molecule has 0 spiro atoms. The summed E-state index contributed by atoms with van der Waals surface area (Å²) in [5, 5.41) is 1.87. The lowest BCUT2D eigenvalue weighted by atomic mass is 9.95. The second kappa shape index (κ2) is 5.15. The highest BCUT2D eigenvalue weighted by Gasteiger charge is 2.18. The summed E-state index contributed by atoms with van der Waals surface area (Å²) in [6, 6.07) is 2.21. The van der Waals surface area contributed by atoms with Crippen molar-refractivity contribution in [3.63, 3.8) is 0 Å². The summed E-state index contributed by atoms with van der Waals surface area (Å²) in [6.07, 6.45) is 8.07. The van der Waals surface area contributed by atoms with E-state index in [2.05, 4.69) is 22.6 Å². The molecule has 0 N–H and O–H groups in total. The summed E-state index contributed by atoms with van der Waals surface area (Å²) in [4.78, 5) is 13.4. The number of aryl methyl sites for hydroxylation is 2. The van der Waals surface area contributed by atoms with Crippen molar-refractivity contribution in [1.29, 1.82) is 0 Å². The van der Waals surface area contributed by atoms with Gasteiger partial charge < -0.3 is 4.42 Å². The number of pyridine rings is 1. The van der Waals surface area contributed by atoms with Gasteiger partial charge >= 0.3 is 0 Å². The number of rotatable bonds is 3. The van der Waals surface area contributed by atoms with E-state index in [1.807, 2.05) is 6.08 Å². The minimum atomic E-state index is 0.687. The number of aromatic nitrogens is 3. The second-order valence-corrected chi connectivity index (χ2v) is 6.22. The summed E-state index contributed by atoms with van der Waals surface area (Å²) < 4.78 is 5.96. The molecule has 3 heterocycles. The molecule has 0 fully saturated rings. The molecule has 0 aliphatic heterocycles. The van der Waals surface area contributed by atoms with Gasteiger partial charge in [0.1, 0.15) is 16.9 Å². The Hall–Kier alpha value is -1.88. The van der Waals surface area contributed by atoms with E-state index in [1.54, 1.807) is 18.1 Å². The van der Waals surface area contributed by atoms with Gasteiger partial charge in [-0.3, -0.25) is 0 Å². The lowest BCUT2D eigenvalue weighted by Gasteiger charge is -2.13. The third kappa shape index (κ3) is 2.12. The van der Waals surface area contributed by atoms with E-state index in [0.717, 1.165) is 40.1 Å². The van der Waals surface area contributed by atoms with Crippen LogP contribution in [-0.2, 0) is 12.8 Å². The van der Waals surface area contributed by atoms with E-state index in [1.165, 1.54) is 24.1 Å². The van der Waals surface area contributed by atoms with Gasteiger partial charge in [-0.25, -0.2) is 15.0 Å². The molecule has 0 saturated heterocycles. The van der Waals surface area contributed by atoms with Crippen LogP contribution in [0.2, 0.25) is 0 Å². The van der Waals surface area contributed by atoms with Crippen LogP contribution in [0.25, 0.3) is 22.2 Å². The van der Waals surface area contributed by atoms with Crippen molar-refractivity contribution in [3.8, 4) is 0 Å². The number of furan rings is 1. The molecule has 4 rings (SSSR count). The van der Waals surface area contributed by atoms with E-state index in [-0.39, 0.29) is 0 Å². The maximum Gasteiger partial charge on any atom is 0.229 e. The van der Waals surface area contributed by atoms with Crippen molar-refractivity contribution < 1.29 is 4.42 Å². The molecule has 0 bridgehead atoms. The normalized spacial score (nSPS) is 14.5. The Kier molecular flexibility index (Phi) is 3.15. The van der Waals surface area contributed by atoms with Crippen molar-refractivity contribution in [2.24, 2.45) is 0 Å².